The van der Waals surface area contributed by atoms with Gasteiger partial charge in [-0.15, -0.1) is 0 Å². The first-order chi connectivity index (χ1) is 20.5. The number of likely N-dealkylation sites (N-methyl/N-ethyl adjacent to an activating group) is 2. The fourth-order valence-electron chi connectivity index (χ4n) is 6.51. The highest BCUT2D eigenvalue weighted by atomic mass is 16.6. The molecule has 2 fully saturated rings. The quantitative estimate of drug-likeness (QED) is 0.214. The first-order valence-electron chi connectivity index (χ1n) is 15.0. The summed E-state index contributed by atoms with van der Waals surface area (Å²) in [7, 11) is 4.32. The maximum Gasteiger partial charge on any atom is 0.412 e. The van der Waals surface area contributed by atoms with Crippen molar-refractivity contribution in [3.05, 3.63) is 59.9 Å². The second-order valence-electron chi connectivity index (χ2n) is 11.6. The Kier molecular flexibility index (Phi) is 8.34. The van der Waals surface area contributed by atoms with Gasteiger partial charge in [0.2, 0.25) is 0 Å². The largest absolute Gasteiger partial charge is 0.412 e. The van der Waals surface area contributed by atoms with Crippen molar-refractivity contribution in [2.75, 3.05) is 40.3 Å². The average Bonchev–Trinajstić information content (AvgIpc) is 3.77. The summed E-state index contributed by atoms with van der Waals surface area (Å²) in [4.78, 5) is 36.7. The number of nitrogens with zero attached hydrogens (tertiary/aromatic N) is 2. The molecule has 0 bridgehead atoms. The molecule has 4 heterocycles. The Bertz CT molecular complexity index is 1450. The number of benzene rings is 2. The zero-order valence-electron chi connectivity index (χ0n) is 24.4. The molecule has 2 atom stereocenters. The molecule has 222 valence electrons. The van der Waals surface area contributed by atoms with E-state index >= 15 is 0 Å². The monoisotopic (exact) mass is 572 g/mol. The molecule has 2 amide bonds. The summed E-state index contributed by atoms with van der Waals surface area (Å²) in [5, 5.41) is 7.33. The van der Waals surface area contributed by atoms with Crippen LogP contribution in [0.4, 0.5) is 9.59 Å². The van der Waals surface area contributed by atoms with Crippen LogP contribution in [0.5, 0.6) is 11.5 Å². The van der Waals surface area contributed by atoms with Crippen LogP contribution in [-0.4, -0.2) is 84.3 Å². The van der Waals surface area contributed by atoms with Crippen LogP contribution in [-0.2, 0) is 12.8 Å². The number of fused-ring (bicyclic) bond motifs is 2. The van der Waals surface area contributed by atoms with Gasteiger partial charge in [-0.25, -0.2) is 9.59 Å². The predicted octanol–water partition coefficient (Wildman–Crippen LogP) is 4.80. The number of aromatic amines is 2. The Morgan fingerprint density at radius 1 is 0.762 bits per heavy atom. The van der Waals surface area contributed by atoms with Crippen LogP contribution < -0.4 is 20.1 Å². The smallest absolute Gasteiger partial charge is 0.410 e. The number of likely N-dealkylation sites (tertiary alicyclic amines) is 2. The van der Waals surface area contributed by atoms with Crippen LogP contribution in [0.25, 0.3) is 21.8 Å². The molecule has 2 saturated heterocycles. The number of H-pyrrole nitrogens is 2. The Hall–Kier alpha value is -4.02. The highest BCUT2D eigenvalue weighted by molar-refractivity contribution is 5.92. The van der Waals surface area contributed by atoms with Gasteiger partial charge in [0.1, 0.15) is 11.5 Å². The number of aromatic nitrogens is 2. The average molecular weight is 573 g/mol. The van der Waals surface area contributed by atoms with Gasteiger partial charge < -0.3 is 39.9 Å². The first kappa shape index (κ1) is 28.1. The van der Waals surface area contributed by atoms with E-state index in [0.29, 0.717) is 23.6 Å². The summed E-state index contributed by atoms with van der Waals surface area (Å²) < 4.78 is 11.4. The number of hydrogen-bond donors (Lipinski definition) is 4. The summed E-state index contributed by atoms with van der Waals surface area (Å²) >= 11 is 0. The minimum Gasteiger partial charge on any atom is -0.410 e. The van der Waals surface area contributed by atoms with Gasteiger partial charge in [0, 0.05) is 59.4 Å². The lowest BCUT2D eigenvalue weighted by Crippen LogP contribution is -2.37. The van der Waals surface area contributed by atoms with E-state index < -0.39 is 12.2 Å². The van der Waals surface area contributed by atoms with E-state index in [0.717, 1.165) is 58.9 Å². The minimum atomic E-state index is -0.568. The molecular weight excluding hydrogens is 532 g/mol. The summed E-state index contributed by atoms with van der Waals surface area (Å²) in [6.45, 7) is 2.62. The van der Waals surface area contributed by atoms with Crippen LogP contribution in [0.2, 0.25) is 0 Å². The topological polar surface area (TPSA) is 115 Å². The van der Waals surface area contributed by atoms with Crippen molar-refractivity contribution in [2.45, 2.75) is 50.6 Å². The van der Waals surface area contributed by atoms with E-state index in [9.17, 15) is 9.59 Å². The van der Waals surface area contributed by atoms with Crippen molar-refractivity contribution in [2.24, 2.45) is 0 Å². The van der Waals surface area contributed by atoms with Crippen molar-refractivity contribution in [1.82, 2.24) is 30.4 Å². The lowest BCUT2D eigenvalue weighted by Gasteiger charge is -2.19. The first-order valence-corrected chi connectivity index (χ1v) is 15.0. The molecule has 0 saturated carbocycles. The standard InChI is InChI=1S/C32H40N6O4/c1-37-15-5-7-23(37)17-21-19-35-25-9-3-11-27(29(21)25)41-31(39)33-13-14-34-32(40)42-28-12-4-10-26-30(28)22(20-36-26)18-24-8-6-16-38(24)2/h3-4,9-12,19-20,23-24,35-36H,5-8,13-18H2,1-2H3,(H,33,39)(H,34,40)/t23-,24-/m1/s1. The van der Waals surface area contributed by atoms with Gasteiger partial charge >= 0.3 is 12.2 Å². The zero-order valence-corrected chi connectivity index (χ0v) is 24.4. The van der Waals surface area contributed by atoms with Crippen LogP contribution in [0.3, 0.4) is 0 Å². The van der Waals surface area contributed by atoms with Crippen molar-refractivity contribution in [3.63, 3.8) is 0 Å². The highest BCUT2D eigenvalue weighted by Gasteiger charge is 2.25. The third-order valence-corrected chi connectivity index (χ3v) is 8.82. The number of carbonyl (C=O) groups is 2. The second kappa shape index (κ2) is 12.5. The molecule has 42 heavy (non-hydrogen) atoms. The molecule has 0 unspecified atom stereocenters. The van der Waals surface area contributed by atoms with Gasteiger partial charge in [-0.3, -0.25) is 0 Å². The maximum atomic E-state index is 12.6. The molecule has 2 aromatic carbocycles. The Labute approximate surface area is 245 Å². The van der Waals surface area contributed by atoms with Crippen LogP contribution in [0.15, 0.2) is 48.8 Å². The number of ether oxygens (including phenoxy) is 2. The number of amides is 2. The molecule has 4 N–H and O–H groups in total. The lowest BCUT2D eigenvalue weighted by molar-refractivity contribution is 0.196. The van der Waals surface area contributed by atoms with E-state index in [1.165, 1.54) is 25.7 Å². The van der Waals surface area contributed by atoms with E-state index in [-0.39, 0.29) is 13.1 Å². The van der Waals surface area contributed by atoms with Gasteiger partial charge in [-0.1, -0.05) is 12.1 Å². The van der Waals surface area contributed by atoms with Crippen LogP contribution in [0, 0.1) is 0 Å². The number of rotatable bonds is 9. The van der Waals surface area contributed by atoms with Crippen LogP contribution >= 0.6 is 0 Å². The Morgan fingerprint density at radius 3 is 1.62 bits per heavy atom. The van der Waals surface area contributed by atoms with Gasteiger partial charge in [-0.05, 0) is 101 Å². The summed E-state index contributed by atoms with van der Waals surface area (Å²) in [5.41, 5.74) is 4.17. The molecule has 2 aromatic heterocycles. The normalized spacial score (nSPS) is 19.5. The summed E-state index contributed by atoms with van der Waals surface area (Å²) in [5.74, 6) is 1.04. The molecule has 0 spiro atoms. The fourth-order valence-corrected chi connectivity index (χ4v) is 6.51. The van der Waals surface area contributed by atoms with E-state index in [4.69, 9.17) is 9.47 Å². The third-order valence-electron chi connectivity index (χ3n) is 8.82. The molecule has 2 aliphatic rings. The van der Waals surface area contributed by atoms with Crippen LogP contribution in [0.1, 0.15) is 36.8 Å². The van der Waals surface area contributed by atoms with Gasteiger partial charge in [0.15, 0.2) is 0 Å². The molecule has 10 heteroatoms. The van der Waals surface area contributed by atoms with Crippen molar-refractivity contribution < 1.29 is 19.1 Å². The van der Waals surface area contributed by atoms with E-state index in [1.54, 1.807) is 0 Å². The molecule has 10 nitrogen and oxygen atoms in total. The summed E-state index contributed by atoms with van der Waals surface area (Å²) in [6, 6.07) is 12.3. The van der Waals surface area contributed by atoms with Gasteiger partial charge in [0.25, 0.3) is 0 Å². The van der Waals surface area contributed by atoms with E-state index in [2.05, 4.69) is 44.5 Å². The lowest BCUT2D eigenvalue weighted by atomic mass is 10.0. The molecule has 2 aliphatic heterocycles. The minimum absolute atomic E-state index is 0.199. The SMILES string of the molecule is CN1CCC[C@@H]1Cc1c[nH]c2cccc(OC(=O)NCCNC(=O)Oc3cccc4[nH]cc(C[C@H]5CCCN5C)c34)c12. The fraction of sp³-hybridized carbons (Fsp3) is 0.438. The Morgan fingerprint density at radius 2 is 1.21 bits per heavy atom. The molecule has 0 radical (unpaired) electrons. The second-order valence-corrected chi connectivity index (χ2v) is 11.6. The Balaban J connectivity index is 1.01. The highest BCUT2D eigenvalue weighted by Crippen LogP contribution is 2.33. The van der Waals surface area contributed by atoms with E-state index in [1.807, 2.05) is 48.8 Å². The predicted molar refractivity (Wildman–Crippen MR) is 163 cm³/mol. The number of carbonyl (C=O) groups excluding carboxylic acids is 2. The number of hydrogen-bond acceptors (Lipinski definition) is 6. The van der Waals surface area contributed by atoms with Crippen molar-refractivity contribution in [1.29, 1.82) is 0 Å². The third kappa shape index (κ3) is 6.10. The maximum absolute atomic E-state index is 12.6. The molecule has 6 rings (SSSR count). The number of nitrogens with one attached hydrogen (secondary N) is 4. The summed E-state index contributed by atoms with van der Waals surface area (Å²) in [6.07, 6.45) is 9.45. The van der Waals surface area contributed by atoms with Gasteiger partial charge in [-0.2, -0.15) is 0 Å². The zero-order chi connectivity index (χ0) is 29.1. The van der Waals surface area contributed by atoms with Crippen molar-refractivity contribution in [3.8, 4) is 11.5 Å². The molecular formula is C32H40N6O4. The van der Waals surface area contributed by atoms with Gasteiger partial charge in [0.05, 0.1) is 0 Å². The molecule has 4 aromatic rings. The van der Waals surface area contributed by atoms with Crippen molar-refractivity contribution >= 4 is 34.0 Å². The molecule has 0 aliphatic carbocycles.